The minimum Gasteiger partial charge on any atom is -0.245 e. The van der Waals surface area contributed by atoms with Gasteiger partial charge in [-0.25, -0.2) is 19.9 Å². The predicted octanol–water partition coefficient (Wildman–Crippen LogP) is 9.09. The standard InChI is InChI=1S/C9H12.2C7H10N2.3C2H6/c1-8(2)9-6-4-3-5-7-9;1-6(2)7-3-4-8-5-9-7;1-6(2)7-8-4-3-5-9-7;3*1-2/h3-8H,1-2H3;2*3-6H,1-2H3;3*1-2H3. The fourth-order valence-corrected chi connectivity index (χ4v) is 2.09. The molecule has 0 N–H and O–H groups in total. The van der Waals surface area contributed by atoms with E-state index in [9.17, 15) is 0 Å². The summed E-state index contributed by atoms with van der Waals surface area (Å²) >= 11 is 0. The first kappa shape index (κ1) is 35.0. The second-order valence-corrected chi connectivity index (χ2v) is 7.12. The number of hydrogen-bond acceptors (Lipinski definition) is 4. The van der Waals surface area contributed by atoms with E-state index in [1.807, 2.05) is 59.7 Å². The molecule has 0 unspecified atom stereocenters. The summed E-state index contributed by atoms with van der Waals surface area (Å²) < 4.78 is 0. The topological polar surface area (TPSA) is 51.6 Å². The Hall–Kier alpha value is -2.62. The molecule has 0 aliphatic carbocycles. The molecule has 0 fully saturated rings. The molecule has 0 spiro atoms. The number of benzene rings is 1. The van der Waals surface area contributed by atoms with Gasteiger partial charge >= 0.3 is 0 Å². The van der Waals surface area contributed by atoms with Crippen LogP contribution >= 0.6 is 0 Å². The van der Waals surface area contributed by atoms with Crippen molar-refractivity contribution in [3.63, 3.8) is 0 Å². The van der Waals surface area contributed by atoms with Crippen molar-refractivity contribution in [2.45, 2.75) is 101 Å². The van der Waals surface area contributed by atoms with Crippen LogP contribution in [0.1, 0.15) is 118 Å². The Labute approximate surface area is 205 Å². The molecule has 2 aromatic heterocycles. The number of aromatic nitrogens is 4. The Bertz CT molecular complexity index is 609. The van der Waals surface area contributed by atoms with E-state index in [1.165, 1.54) is 5.56 Å². The normalized spacial score (nSPS) is 8.82. The molecule has 0 aliphatic rings. The quantitative estimate of drug-likeness (QED) is 0.396. The van der Waals surface area contributed by atoms with Gasteiger partial charge in [-0.05, 0) is 29.5 Å². The zero-order valence-electron chi connectivity index (χ0n) is 23.4. The third-order valence-corrected chi connectivity index (χ3v) is 3.76. The van der Waals surface area contributed by atoms with Crippen LogP contribution in [-0.4, -0.2) is 19.9 Å². The average Bonchev–Trinajstić information content (AvgIpc) is 2.90. The molecule has 0 saturated heterocycles. The van der Waals surface area contributed by atoms with E-state index in [4.69, 9.17) is 0 Å². The molecule has 33 heavy (non-hydrogen) atoms. The van der Waals surface area contributed by atoms with Crippen molar-refractivity contribution in [2.24, 2.45) is 0 Å². The van der Waals surface area contributed by atoms with Crippen molar-refractivity contribution in [3.05, 3.63) is 84.5 Å². The van der Waals surface area contributed by atoms with Crippen LogP contribution in [0.15, 0.2) is 67.4 Å². The van der Waals surface area contributed by atoms with E-state index in [0.29, 0.717) is 17.8 Å². The smallest absolute Gasteiger partial charge is 0.130 e. The Morgan fingerprint density at radius 1 is 0.515 bits per heavy atom. The highest BCUT2D eigenvalue weighted by Gasteiger charge is 1.97. The number of nitrogens with zero attached hydrogens (tertiary/aromatic N) is 4. The molecule has 0 bridgehead atoms. The zero-order chi connectivity index (χ0) is 26.1. The molecular weight excluding hydrogens is 404 g/mol. The minimum atomic E-state index is 0.436. The summed E-state index contributed by atoms with van der Waals surface area (Å²) in [4.78, 5) is 16.0. The van der Waals surface area contributed by atoms with Gasteiger partial charge in [0.15, 0.2) is 0 Å². The van der Waals surface area contributed by atoms with Gasteiger partial charge < -0.3 is 0 Å². The molecule has 2 heterocycles. The maximum Gasteiger partial charge on any atom is 0.130 e. The molecule has 0 atom stereocenters. The van der Waals surface area contributed by atoms with Crippen molar-refractivity contribution in [1.29, 1.82) is 0 Å². The van der Waals surface area contributed by atoms with Gasteiger partial charge in [0.05, 0.1) is 0 Å². The summed E-state index contributed by atoms with van der Waals surface area (Å²) in [6, 6.07) is 14.3. The highest BCUT2D eigenvalue weighted by Crippen LogP contribution is 2.11. The summed E-state index contributed by atoms with van der Waals surface area (Å²) in [6.07, 6.45) is 6.88. The Morgan fingerprint density at radius 3 is 1.30 bits per heavy atom. The molecule has 0 aliphatic heterocycles. The molecule has 0 saturated carbocycles. The SMILES string of the molecule is CC.CC.CC.CC(C)c1ccccc1.CC(C)c1ccncn1.CC(C)c1ncccn1. The second kappa shape index (κ2) is 25.6. The maximum atomic E-state index is 4.07. The Morgan fingerprint density at radius 2 is 1.03 bits per heavy atom. The van der Waals surface area contributed by atoms with Gasteiger partial charge in [0.1, 0.15) is 12.2 Å². The van der Waals surface area contributed by atoms with E-state index in [2.05, 4.69) is 85.7 Å². The van der Waals surface area contributed by atoms with Crippen molar-refractivity contribution < 1.29 is 0 Å². The Balaban J connectivity index is -0.000000367. The molecule has 0 radical (unpaired) electrons. The highest BCUT2D eigenvalue weighted by atomic mass is 14.9. The fourth-order valence-electron chi connectivity index (χ4n) is 2.09. The molecule has 3 rings (SSSR count). The first-order valence-corrected chi connectivity index (χ1v) is 12.5. The van der Waals surface area contributed by atoms with Crippen molar-refractivity contribution >= 4 is 0 Å². The predicted molar refractivity (Wildman–Crippen MR) is 147 cm³/mol. The first-order valence-electron chi connectivity index (χ1n) is 12.5. The van der Waals surface area contributed by atoms with E-state index in [-0.39, 0.29) is 0 Å². The van der Waals surface area contributed by atoms with Gasteiger partial charge in [-0.15, -0.1) is 0 Å². The van der Waals surface area contributed by atoms with Gasteiger partial charge in [-0.1, -0.05) is 113 Å². The zero-order valence-corrected chi connectivity index (χ0v) is 23.4. The average molecular weight is 455 g/mol. The van der Waals surface area contributed by atoms with Crippen LogP contribution in [0.25, 0.3) is 0 Å². The lowest BCUT2D eigenvalue weighted by molar-refractivity contribution is 0.774. The van der Waals surface area contributed by atoms with Crippen LogP contribution in [0.5, 0.6) is 0 Å². The van der Waals surface area contributed by atoms with Gasteiger partial charge in [0.25, 0.3) is 0 Å². The molecule has 3 aromatic rings. The van der Waals surface area contributed by atoms with Gasteiger partial charge in [0, 0.05) is 30.2 Å². The number of hydrogen-bond donors (Lipinski definition) is 0. The third-order valence-electron chi connectivity index (χ3n) is 3.76. The summed E-state index contributed by atoms with van der Waals surface area (Å²) in [5.41, 5.74) is 2.52. The fraction of sp³-hybridized carbons (Fsp3) is 0.517. The summed E-state index contributed by atoms with van der Waals surface area (Å²) in [7, 11) is 0. The lowest BCUT2D eigenvalue weighted by Crippen LogP contribution is -1.93. The lowest BCUT2D eigenvalue weighted by atomic mass is 10.0. The molecule has 0 amide bonds. The van der Waals surface area contributed by atoms with Crippen LogP contribution in [0.4, 0.5) is 0 Å². The molecular formula is C29H50N4. The summed E-state index contributed by atoms with van der Waals surface area (Å²) in [5.74, 6) is 2.52. The largest absolute Gasteiger partial charge is 0.245 e. The minimum absolute atomic E-state index is 0.436. The van der Waals surface area contributed by atoms with Crippen molar-refractivity contribution in [3.8, 4) is 0 Å². The van der Waals surface area contributed by atoms with Crippen LogP contribution in [0.3, 0.4) is 0 Å². The van der Waals surface area contributed by atoms with Crippen LogP contribution < -0.4 is 0 Å². The van der Waals surface area contributed by atoms with Crippen LogP contribution in [0, 0.1) is 0 Å². The lowest BCUT2D eigenvalue weighted by Gasteiger charge is -2.01. The highest BCUT2D eigenvalue weighted by molar-refractivity contribution is 5.17. The van der Waals surface area contributed by atoms with Crippen LogP contribution in [0.2, 0.25) is 0 Å². The molecule has 186 valence electrons. The Kier molecular flexibility index (Phi) is 27.2. The molecule has 4 nitrogen and oxygen atoms in total. The van der Waals surface area contributed by atoms with E-state index in [0.717, 1.165) is 11.5 Å². The molecule has 1 aromatic carbocycles. The van der Waals surface area contributed by atoms with Gasteiger partial charge in [0.2, 0.25) is 0 Å². The maximum absolute atomic E-state index is 4.07. The van der Waals surface area contributed by atoms with E-state index in [1.54, 1.807) is 24.9 Å². The second-order valence-electron chi connectivity index (χ2n) is 7.12. The summed E-state index contributed by atoms with van der Waals surface area (Å²) in [5, 5.41) is 0. The third kappa shape index (κ3) is 19.8. The monoisotopic (exact) mass is 454 g/mol. The number of rotatable bonds is 3. The van der Waals surface area contributed by atoms with Crippen molar-refractivity contribution in [1.82, 2.24) is 19.9 Å². The van der Waals surface area contributed by atoms with E-state index < -0.39 is 0 Å². The van der Waals surface area contributed by atoms with Crippen molar-refractivity contribution in [2.75, 3.05) is 0 Å². The van der Waals surface area contributed by atoms with E-state index >= 15 is 0 Å². The van der Waals surface area contributed by atoms with Gasteiger partial charge in [-0.2, -0.15) is 0 Å². The summed E-state index contributed by atoms with van der Waals surface area (Å²) in [6.45, 7) is 24.8. The molecule has 4 heteroatoms. The first-order chi connectivity index (χ1) is 15.9. The van der Waals surface area contributed by atoms with Crippen LogP contribution in [-0.2, 0) is 0 Å². The van der Waals surface area contributed by atoms with Gasteiger partial charge in [-0.3, -0.25) is 0 Å².